The van der Waals surface area contributed by atoms with Crippen molar-refractivity contribution in [2.24, 2.45) is 0 Å². The number of Topliss-reactive ketones (excluding diaryl/α,β-unsaturated/α-hetero) is 1. The van der Waals surface area contributed by atoms with Gasteiger partial charge in [0.1, 0.15) is 0 Å². The van der Waals surface area contributed by atoms with Gasteiger partial charge in [0.05, 0.1) is 0 Å². The van der Waals surface area contributed by atoms with E-state index in [2.05, 4.69) is 37.2 Å². The molecule has 4 heteroatoms. The van der Waals surface area contributed by atoms with Gasteiger partial charge >= 0.3 is 0 Å². The summed E-state index contributed by atoms with van der Waals surface area (Å²) >= 11 is 7.05. The van der Waals surface area contributed by atoms with E-state index in [1.807, 2.05) is 60.7 Å². The van der Waals surface area contributed by atoms with Crippen molar-refractivity contribution in [3.8, 4) is 0 Å². The van der Waals surface area contributed by atoms with Crippen molar-refractivity contribution in [2.45, 2.75) is 0 Å². The number of carbonyl (C=O) groups is 1. The van der Waals surface area contributed by atoms with Crippen LogP contribution in [0.2, 0.25) is 0 Å². The van der Waals surface area contributed by atoms with Gasteiger partial charge in [0.2, 0.25) is 0 Å². The Labute approximate surface area is 152 Å². The average Bonchev–Trinajstić information content (AvgIpc) is 2.55. The molecule has 1 N–H and O–H groups in total. The van der Waals surface area contributed by atoms with E-state index in [-0.39, 0.29) is 5.78 Å². The number of piperidine rings is 1. The van der Waals surface area contributed by atoms with Gasteiger partial charge in [-0.3, -0.25) is 4.79 Å². The number of benzene rings is 2. The summed E-state index contributed by atoms with van der Waals surface area (Å²) in [5, 5.41) is 3.31. The summed E-state index contributed by atoms with van der Waals surface area (Å²) in [5.74, 6) is 0.107. The van der Waals surface area contributed by atoms with Crippen molar-refractivity contribution in [3.05, 3.63) is 79.7 Å². The van der Waals surface area contributed by atoms with E-state index >= 15 is 0 Å². The quantitative estimate of drug-likeness (QED) is 0.687. The number of halogens is 2. The van der Waals surface area contributed by atoms with E-state index in [0.29, 0.717) is 13.1 Å². The van der Waals surface area contributed by atoms with Gasteiger partial charge in [0.25, 0.3) is 0 Å². The zero-order valence-electron chi connectivity index (χ0n) is 12.4. The molecule has 23 heavy (non-hydrogen) atoms. The first-order chi connectivity index (χ1) is 11.1. The summed E-state index contributed by atoms with van der Waals surface area (Å²) in [6.45, 7) is 1.18. The standard InChI is InChI=1S/C19H15Br2NO/c20-17-7-3-1-5-13(17)9-15-11-22-12-16(19(15)23)10-14-6-2-4-8-18(14)21/h1-10,22H,11-12H2. The summed E-state index contributed by atoms with van der Waals surface area (Å²) < 4.78 is 1.98. The van der Waals surface area contributed by atoms with Crippen LogP contribution in [0.5, 0.6) is 0 Å². The molecular weight excluding hydrogens is 418 g/mol. The molecule has 1 saturated heterocycles. The molecule has 1 fully saturated rings. The first-order valence-corrected chi connectivity index (χ1v) is 8.89. The first-order valence-electron chi connectivity index (χ1n) is 7.31. The van der Waals surface area contributed by atoms with Gasteiger partial charge in [-0.15, -0.1) is 0 Å². The molecule has 2 aromatic rings. The van der Waals surface area contributed by atoms with Crippen LogP contribution < -0.4 is 5.32 Å². The van der Waals surface area contributed by atoms with Crippen LogP contribution in [0, 0.1) is 0 Å². The average molecular weight is 433 g/mol. The molecular formula is C19H15Br2NO. The van der Waals surface area contributed by atoms with E-state index in [1.54, 1.807) is 0 Å². The fraction of sp³-hybridized carbons (Fsp3) is 0.105. The molecule has 0 aromatic heterocycles. The summed E-state index contributed by atoms with van der Waals surface area (Å²) in [4.78, 5) is 12.7. The van der Waals surface area contributed by atoms with Crippen LogP contribution >= 0.6 is 31.9 Å². The van der Waals surface area contributed by atoms with Gasteiger partial charge in [-0.2, -0.15) is 0 Å². The molecule has 0 spiro atoms. The lowest BCUT2D eigenvalue weighted by Crippen LogP contribution is -2.32. The molecule has 0 unspecified atom stereocenters. The Morgan fingerprint density at radius 1 is 0.783 bits per heavy atom. The van der Waals surface area contributed by atoms with Crippen molar-refractivity contribution < 1.29 is 4.79 Å². The van der Waals surface area contributed by atoms with Crippen molar-refractivity contribution in [2.75, 3.05) is 13.1 Å². The fourth-order valence-corrected chi connectivity index (χ4v) is 3.29. The molecule has 3 rings (SSSR count). The minimum absolute atomic E-state index is 0.107. The maximum absolute atomic E-state index is 12.7. The summed E-state index contributed by atoms with van der Waals surface area (Å²) in [7, 11) is 0. The fourth-order valence-electron chi connectivity index (χ4n) is 2.49. The van der Waals surface area contributed by atoms with Gasteiger partial charge < -0.3 is 5.32 Å². The lowest BCUT2D eigenvalue weighted by Gasteiger charge is -2.18. The molecule has 2 nitrogen and oxygen atoms in total. The largest absolute Gasteiger partial charge is 0.308 e. The van der Waals surface area contributed by atoms with E-state index in [9.17, 15) is 4.79 Å². The molecule has 116 valence electrons. The van der Waals surface area contributed by atoms with Crippen LogP contribution in [0.25, 0.3) is 12.2 Å². The van der Waals surface area contributed by atoms with Crippen LogP contribution in [-0.2, 0) is 4.79 Å². The van der Waals surface area contributed by atoms with Crippen LogP contribution in [0.1, 0.15) is 11.1 Å². The van der Waals surface area contributed by atoms with Gasteiger partial charge in [0.15, 0.2) is 5.78 Å². The molecule has 0 atom stereocenters. The summed E-state index contributed by atoms with van der Waals surface area (Å²) in [5.41, 5.74) is 3.59. The van der Waals surface area contributed by atoms with Crippen LogP contribution in [-0.4, -0.2) is 18.9 Å². The highest BCUT2D eigenvalue weighted by molar-refractivity contribution is 9.10. The maximum Gasteiger partial charge on any atom is 0.187 e. The Morgan fingerprint density at radius 3 is 1.65 bits per heavy atom. The highest BCUT2D eigenvalue weighted by atomic mass is 79.9. The lowest BCUT2D eigenvalue weighted by atomic mass is 9.95. The van der Waals surface area contributed by atoms with Crippen molar-refractivity contribution in [1.82, 2.24) is 5.32 Å². The Hall–Kier alpha value is -1.49. The zero-order chi connectivity index (χ0) is 16.2. The highest BCUT2D eigenvalue weighted by Crippen LogP contribution is 2.24. The number of ketones is 1. The first kappa shape index (κ1) is 16.4. The minimum atomic E-state index is 0.107. The number of hydrogen-bond acceptors (Lipinski definition) is 2. The summed E-state index contributed by atoms with van der Waals surface area (Å²) in [6, 6.07) is 15.8. The normalized spacial score (nSPS) is 18.6. The third kappa shape index (κ3) is 3.89. The second-order valence-electron chi connectivity index (χ2n) is 5.31. The molecule has 1 aliphatic heterocycles. The molecule has 1 aliphatic rings. The van der Waals surface area contributed by atoms with Crippen LogP contribution in [0.3, 0.4) is 0 Å². The topological polar surface area (TPSA) is 29.1 Å². The minimum Gasteiger partial charge on any atom is -0.308 e. The van der Waals surface area contributed by atoms with Gasteiger partial charge in [0, 0.05) is 33.2 Å². The Balaban J connectivity index is 1.93. The molecule has 1 heterocycles. The molecule has 0 radical (unpaired) electrons. The highest BCUT2D eigenvalue weighted by Gasteiger charge is 2.20. The number of nitrogens with one attached hydrogen (secondary N) is 1. The predicted molar refractivity (Wildman–Crippen MR) is 102 cm³/mol. The number of hydrogen-bond donors (Lipinski definition) is 1. The van der Waals surface area contributed by atoms with Gasteiger partial charge in [-0.05, 0) is 35.4 Å². The molecule has 2 aromatic carbocycles. The number of carbonyl (C=O) groups excluding carboxylic acids is 1. The van der Waals surface area contributed by atoms with Crippen molar-refractivity contribution in [1.29, 1.82) is 0 Å². The van der Waals surface area contributed by atoms with Gasteiger partial charge in [-0.25, -0.2) is 0 Å². The second kappa shape index (κ2) is 7.39. The third-order valence-corrected chi connectivity index (χ3v) is 5.13. The zero-order valence-corrected chi connectivity index (χ0v) is 15.5. The predicted octanol–water partition coefficient (Wildman–Crippen LogP) is 4.85. The molecule has 0 aliphatic carbocycles. The summed E-state index contributed by atoms with van der Waals surface area (Å²) in [6.07, 6.45) is 3.90. The van der Waals surface area contributed by atoms with Crippen LogP contribution in [0.15, 0.2) is 68.6 Å². The smallest absolute Gasteiger partial charge is 0.187 e. The van der Waals surface area contributed by atoms with E-state index in [1.165, 1.54) is 0 Å². The third-order valence-electron chi connectivity index (χ3n) is 3.68. The van der Waals surface area contributed by atoms with Crippen molar-refractivity contribution >= 4 is 49.8 Å². The number of rotatable bonds is 2. The van der Waals surface area contributed by atoms with E-state index < -0.39 is 0 Å². The lowest BCUT2D eigenvalue weighted by molar-refractivity contribution is -0.112. The molecule has 0 saturated carbocycles. The van der Waals surface area contributed by atoms with Crippen molar-refractivity contribution in [3.63, 3.8) is 0 Å². The Kier molecular flexibility index (Phi) is 5.26. The Morgan fingerprint density at radius 2 is 1.22 bits per heavy atom. The van der Waals surface area contributed by atoms with Gasteiger partial charge in [-0.1, -0.05) is 68.3 Å². The molecule has 0 bridgehead atoms. The monoisotopic (exact) mass is 431 g/mol. The van der Waals surface area contributed by atoms with E-state index in [4.69, 9.17) is 0 Å². The van der Waals surface area contributed by atoms with E-state index in [0.717, 1.165) is 31.2 Å². The van der Waals surface area contributed by atoms with Crippen LogP contribution in [0.4, 0.5) is 0 Å². The second-order valence-corrected chi connectivity index (χ2v) is 7.02. The Bertz CT molecular complexity index is 743. The molecule has 0 amide bonds. The SMILES string of the molecule is O=C1C(=Cc2ccccc2Br)CNCC1=Cc1ccccc1Br. The maximum atomic E-state index is 12.7.